The molecular formula is C10H12BrClN2O2. The van der Waals surface area contributed by atoms with Crippen LogP contribution in [0.1, 0.15) is 37.1 Å². The van der Waals surface area contributed by atoms with Crippen LogP contribution in [0.3, 0.4) is 0 Å². The first-order chi connectivity index (χ1) is 7.27. The van der Waals surface area contributed by atoms with E-state index >= 15 is 0 Å². The van der Waals surface area contributed by atoms with E-state index in [1.807, 2.05) is 20.8 Å². The number of hydrogen-bond donors (Lipinski definition) is 0. The average Bonchev–Trinajstić information content (AvgIpc) is 2.18. The highest BCUT2D eigenvalue weighted by atomic mass is 79.9. The van der Waals surface area contributed by atoms with Gasteiger partial charge in [0.1, 0.15) is 5.15 Å². The fourth-order valence-electron chi connectivity index (χ4n) is 1.10. The predicted molar refractivity (Wildman–Crippen MR) is 64.8 cm³/mol. The van der Waals surface area contributed by atoms with Crippen molar-refractivity contribution in [3.05, 3.63) is 21.1 Å². The van der Waals surface area contributed by atoms with Gasteiger partial charge in [-0.3, -0.25) is 0 Å². The zero-order valence-corrected chi connectivity index (χ0v) is 11.8. The van der Waals surface area contributed by atoms with Crippen LogP contribution in [-0.4, -0.2) is 23.0 Å². The van der Waals surface area contributed by atoms with Crippen LogP contribution in [0.15, 0.2) is 4.47 Å². The maximum Gasteiger partial charge on any atom is 0.376 e. The number of carbonyl (C=O) groups is 1. The highest BCUT2D eigenvalue weighted by Gasteiger charge is 2.24. The number of aromatic nitrogens is 2. The standard InChI is InChI=1S/C10H12BrClN2O2/c1-10(2,3)6-5(11)7(12)14-8(13-6)9(15)16-4/h1-4H3. The van der Waals surface area contributed by atoms with Crippen molar-refractivity contribution >= 4 is 33.5 Å². The molecule has 0 spiro atoms. The topological polar surface area (TPSA) is 52.1 Å². The van der Waals surface area contributed by atoms with Gasteiger partial charge in [0.25, 0.3) is 0 Å². The van der Waals surface area contributed by atoms with Gasteiger partial charge < -0.3 is 4.74 Å². The number of rotatable bonds is 1. The fraction of sp³-hybridized carbons (Fsp3) is 0.500. The summed E-state index contributed by atoms with van der Waals surface area (Å²) in [6, 6.07) is 0. The molecule has 16 heavy (non-hydrogen) atoms. The minimum absolute atomic E-state index is 0.0272. The van der Waals surface area contributed by atoms with E-state index in [0.29, 0.717) is 10.2 Å². The lowest BCUT2D eigenvalue weighted by molar-refractivity contribution is 0.0586. The molecule has 0 atom stereocenters. The Balaban J connectivity index is 3.39. The number of hydrogen-bond acceptors (Lipinski definition) is 4. The number of halogens is 2. The summed E-state index contributed by atoms with van der Waals surface area (Å²) >= 11 is 9.23. The van der Waals surface area contributed by atoms with Gasteiger partial charge in [0.05, 0.1) is 17.3 Å². The van der Waals surface area contributed by atoms with Gasteiger partial charge in [0, 0.05) is 5.41 Å². The fourth-order valence-corrected chi connectivity index (χ4v) is 2.04. The van der Waals surface area contributed by atoms with Crippen LogP contribution < -0.4 is 0 Å². The summed E-state index contributed by atoms with van der Waals surface area (Å²) in [6.07, 6.45) is 0. The maximum absolute atomic E-state index is 11.3. The van der Waals surface area contributed by atoms with Gasteiger partial charge in [0.15, 0.2) is 0 Å². The van der Waals surface area contributed by atoms with Crippen LogP contribution in [0.25, 0.3) is 0 Å². The van der Waals surface area contributed by atoms with Gasteiger partial charge >= 0.3 is 5.97 Å². The molecule has 1 rings (SSSR count). The molecule has 88 valence electrons. The molecule has 6 heteroatoms. The van der Waals surface area contributed by atoms with Gasteiger partial charge in [-0.25, -0.2) is 14.8 Å². The lowest BCUT2D eigenvalue weighted by Crippen LogP contribution is -2.19. The second kappa shape index (κ2) is 4.67. The van der Waals surface area contributed by atoms with Crippen molar-refractivity contribution in [2.24, 2.45) is 0 Å². The summed E-state index contributed by atoms with van der Waals surface area (Å²) in [4.78, 5) is 19.3. The third-order valence-corrected chi connectivity index (χ3v) is 3.14. The molecule has 1 heterocycles. The third kappa shape index (κ3) is 2.71. The van der Waals surface area contributed by atoms with Crippen LogP contribution in [0.4, 0.5) is 0 Å². The van der Waals surface area contributed by atoms with Crippen LogP contribution in [0.2, 0.25) is 5.15 Å². The molecule has 0 aliphatic heterocycles. The first-order valence-electron chi connectivity index (χ1n) is 4.59. The Hall–Kier alpha value is -0.680. The Morgan fingerprint density at radius 3 is 2.38 bits per heavy atom. The number of methoxy groups -OCH3 is 1. The minimum atomic E-state index is -0.597. The van der Waals surface area contributed by atoms with Gasteiger partial charge in [-0.1, -0.05) is 32.4 Å². The van der Waals surface area contributed by atoms with E-state index in [1.165, 1.54) is 7.11 Å². The Morgan fingerprint density at radius 1 is 1.38 bits per heavy atom. The molecule has 0 radical (unpaired) electrons. The van der Waals surface area contributed by atoms with E-state index in [0.717, 1.165) is 0 Å². The summed E-state index contributed by atoms with van der Waals surface area (Å²) in [5.74, 6) is -0.625. The molecule has 0 bridgehead atoms. The van der Waals surface area contributed by atoms with Crippen LogP contribution in [0.5, 0.6) is 0 Å². The number of carbonyl (C=O) groups excluding carboxylic acids is 1. The smallest absolute Gasteiger partial charge is 0.376 e. The van der Waals surface area contributed by atoms with Crippen molar-refractivity contribution in [3.63, 3.8) is 0 Å². The van der Waals surface area contributed by atoms with Gasteiger partial charge in [-0.15, -0.1) is 0 Å². The molecule has 1 aromatic rings. The number of nitrogens with zero attached hydrogens (tertiary/aromatic N) is 2. The van der Waals surface area contributed by atoms with Crippen LogP contribution in [-0.2, 0) is 10.2 Å². The van der Waals surface area contributed by atoms with Crippen molar-refractivity contribution in [2.45, 2.75) is 26.2 Å². The number of esters is 1. The SMILES string of the molecule is COC(=O)c1nc(Cl)c(Br)c(C(C)(C)C)n1. The van der Waals surface area contributed by atoms with Crippen molar-refractivity contribution in [1.82, 2.24) is 9.97 Å². The molecule has 0 saturated heterocycles. The molecule has 0 aromatic carbocycles. The molecule has 0 unspecified atom stereocenters. The summed E-state index contributed by atoms with van der Waals surface area (Å²) in [6.45, 7) is 5.91. The Morgan fingerprint density at radius 2 is 1.94 bits per heavy atom. The zero-order valence-electron chi connectivity index (χ0n) is 9.47. The Bertz CT molecular complexity index is 430. The third-order valence-electron chi connectivity index (χ3n) is 1.89. The van der Waals surface area contributed by atoms with Gasteiger partial charge in [-0.05, 0) is 15.9 Å². The van der Waals surface area contributed by atoms with Crippen molar-refractivity contribution in [3.8, 4) is 0 Å². The molecule has 0 amide bonds. The molecule has 0 aliphatic carbocycles. The molecule has 0 aliphatic rings. The van der Waals surface area contributed by atoms with Gasteiger partial charge in [-0.2, -0.15) is 0 Å². The molecule has 0 fully saturated rings. The predicted octanol–water partition coefficient (Wildman–Crippen LogP) is 2.98. The quantitative estimate of drug-likeness (QED) is 0.591. The molecular weight excluding hydrogens is 295 g/mol. The number of ether oxygens (including phenoxy) is 1. The largest absolute Gasteiger partial charge is 0.463 e. The molecule has 0 saturated carbocycles. The second-order valence-corrected chi connectivity index (χ2v) is 5.39. The highest BCUT2D eigenvalue weighted by Crippen LogP contribution is 2.32. The molecule has 4 nitrogen and oxygen atoms in total. The Labute approximate surface area is 108 Å². The Kier molecular flexibility index (Phi) is 3.91. The first kappa shape index (κ1) is 13.4. The molecule has 0 N–H and O–H groups in total. The van der Waals surface area contributed by atoms with Crippen LogP contribution >= 0.6 is 27.5 Å². The van der Waals surface area contributed by atoms with E-state index in [-0.39, 0.29) is 16.4 Å². The summed E-state index contributed by atoms with van der Waals surface area (Å²) in [7, 11) is 1.28. The van der Waals surface area contributed by atoms with Crippen molar-refractivity contribution in [2.75, 3.05) is 7.11 Å². The zero-order chi connectivity index (χ0) is 12.5. The monoisotopic (exact) mass is 306 g/mol. The maximum atomic E-state index is 11.3. The van der Waals surface area contributed by atoms with E-state index < -0.39 is 5.97 Å². The minimum Gasteiger partial charge on any atom is -0.463 e. The highest BCUT2D eigenvalue weighted by molar-refractivity contribution is 9.10. The second-order valence-electron chi connectivity index (χ2n) is 4.24. The average molecular weight is 308 g/mol. The van der Waals surface area contributed by atoms with Crippen molar-refractivity contribution in [1.29, 1.82) is 0 Å². The van der Waals surface area contributed by atoms with Crippen LogP contribution in [0, 0.1) is 0 Å². The van der Waals surface area contributed by atoms with E-state index in [1.54, 1.807) is 0 Å². The van der Waals surface area contributed by atoms with E-state index in [4.69, 9.17) is 11.6 Å². The van der Waals surface area contributed by atoms with E-state index in [2.05, 4.69) is 30.6 Å². The van der Waals surface area contributed by atoms with E-state index in [9.17, 15) is 4.79 Å². The molecule has 1 aromatic heterocycles. The summed E-state index contributed by atoms with van der Waals surface area (Å²) in [5, 5.41) is 0.209. The van der Waals surface area contributed by atoms with Gasteiger partial charge in [0.2, 0.25) is 5.82 Å². The summed E-state index contributed by atoms with van der Waals surface area (Å²) in [5.41, 5.74) is 0.432. The lowest BCUT2D eigenvalue weighted by Gasteiger charge is -2.20. The lowest BCUT2D eigenvalue weighted by atomic mass is 9.92. The van der Waals surface area contributed by atoms with Crippen molar-refractivity contribution < 1.29 is 9.53 Å². The normalized spacial score (nSPS) is 11.4. The first-order valence-corrected chi connectivity index (χ1v) is 5.76. The summed E-state index contributed by atoms with van der Waals surface area (Å²) < 4.78 is 5.17.